The lowest BCUT2D eigenvalue weighted by Gasteiger charge is -2.26. The van der Waals surface area contributed by atoms with Crippen molar-refractivity contribution in [2.45, 2.75) is 57.7 Å². The third-order valence-corrected chi connectivity index (χ3v) is 4.55. The second-order valence-corrected chi connectivity index (χ2v) is 6.16. The molecule has 0 spiro atoms. The number of nitrogens with zero attached hydrogens (tertiary/aromatic N) is 1. The lowest BCUT2D eigenvalue weighted by atomic mass is 9.86. The van der Waals surface area contributed by atoms with Gasteiger partial charge in [0, 0.05) is 25.6 Å². The Morgan fingerprint density at radius 2 is 1.91 bits per heavy atom. The summed E-state index contributed by atoms with van der Waals surface area (Å²) >= 11 is 0. The van der Waals surface area contributed by atoms with Gasteiger partial charge < -0.3 is 9.47 Å². The van der Waals surface area contributed by atoms with Gasteiger partial charge >= 0.3 is 0 Å². The van der Waals surface area contributed by atoms with Gasteiger partial charge in [-0.2, -0.15) is 0 Å². The zero-order valence-corrected chi connectivity index (χ0v) is 13.9. The highest BCUT2D eigenvalue weighted by molar-refractivity contribution is 5.92. The Hall–Kier alpha value is -0.910. The quantitative estimate of drug-likeness (QED) is 0.534. The molecule has 0 amide bonds. The predicted molar refractivity (Wildman–Crippen MR) is 84.0 cm³/mol. The van der Waals surface area contributed by atoms with E-state index in [4.69, 9.17) is 14.3 Å². The second kappa shape index (κ2) is 9.28. The van der Waals surface area contributed by atoms with Crippen molar-refractivity contribution in [3.63, 3.8) is 0 Å². The lowest BCUT2D eigenvalue weighted by molar-refractivity contribution is -0.168. The van der Waals surface area contributed by atoms with Crippen molar-refractivity contribution in [3.05, 3.63) is 11.8 Å². The number of allylic oxidation sites excluding steroid dienone is 1. The van der Waals surface area contributed by atoms with E-state index in [0.29, 0.717) is 6.61 Å². The van der Waals surface area contributed by atoms with Crippen LogP contribution in [0.15, 0.2) is 11.8 Å². The number of carbonyl (C=O) groups is 1. The molecule has 1 atom stereocenters. The highest BCUT2D eigenvalue weighted by Gasteiger charge is 2.21. The van der Waals surface area contributed by atoms with E-state index < -0.39 is 0 Å². The van der Waals surface area contributed by atoms with Gasteiger partial charge in [-0.1, -0.05) is 19.3 Å². The second-order valence-electron chi connectivity index (χ2n) is 6.16. The Labute approximate surface area is 133 Å². The van der Waals surface area contributed by atoms with Gasteiger partial charge in [0.1, 0.15) is 0 Å². The Morgan fingerprint density at radius 3 is 2.55 bits per heavy atom. The molecule has 1 heterocycles. The fourth-order valence-corrected chi connectivity index (χ4v) is 3.03. The number of carbonyl (C=O) groups excluding carboxylic acids is 1. The van der Waals surface area contributed by atoms with Gasteiger partial charge in [0.25, 0.3) is 0 Å². The zero-order valence-electron chi connectivity index (χ0n) is 13.9. The lowest BCUT2D eigenvalue weighted by Crippen LogP contribution is -2.28. The van der Waals surface area contributed by atoms with Crippen LogP contribution < -0.4 is 0 Å². The smallest absolute Gasteiger partial charge is 0.160 e. The summed E-state index contributed by atoms with van der Waals surface area (Å²) in [6.45, 7) is 1.10. The summed E-state index contributed by atoms with van der Waals surface area (Å²) in [6.07, 6.45) is 10.3. The molecule has 0 N–H and O–H groups in total. The van der Waals surface area contributed by atoms with Crippen LogP contribution in [0.4, 0.5) is 0 Å². The summed E-state index contributed by atoms with van der Waals surface area (Å²) in [5.41, 5.74) is 0.757. The summed E-state index contributed by atoms with van der Waals surface area (Å²) in [6, 6.07) is 0. The minimum atomic E-state index is -0.160. The fraction of sp³-hybridized carbons (Fsp3) is 0.824. The van der Waals surface area contributed by atoms with Crippen LogP contribution in [-0.2, 0) is 19.1 Å². The first-order valence-electron chi connectivity index (χ1n) is 8.46. The van der Waals surface area contributed by atoms with Crippen molar-refractivity contribution < 1.29 is 19.1 Å². The molecule has 2 rings (SSSR count). The molecule has 1 unspecified atom stereocenters. The van der Waals surface area contributed by atoms with E-state index in [9.17, 15) is 4.79 Å². The average molecular weight is 311 g/mol. The van der Waals surface area contributed by atoms with E-state index in [-0.39, 0.29) is 18.0 Å². The molecule has 2 aliphatic rings. The molecule has 0 aromatic rings. The first kappa shape index (κ1) is 17.4. The van der Waals surface area contributed by atoms with Gasteiger partial charge in [-0.25, -0.2) is 0 Å². The summed E-state index contributed by atoms with van der Waals surface area (Å²) in [7, 11) is 3.39. The molecule has 22 heavy (non-hydrogen) atoms. The zero-order chi connectivity index (χ0) is 15.8. The summed E-state index contributed by atoms with van der Waals surface area (Å²) < 4.78 is 11.4. The van der Waals surface area contributed by atoms with E-state index in [1.165, 1.54) is 6.42 Å². The Bertz CT molecular complexity index is 371. The highest BCUT2D eigenvalue weighted by Crippen LogP contribution is 2.25. The van der Waals surface area contributed by atoms with E-state index in [0.717, 1.165) is 57.2 Å². The van der Waals surface area contributed by atoms with Crippen molar-refractivity contribution in [2.75, 3.05) is 27.4 Å². The summed E-state index contributed by atoms with van der Waals surface area (Å²) in [5.74, 6) is 0.367. The molecule has 0 aromatic carbocycles. The maximum atomic E-state index is 12.4. The van der Waals surface area contributed by atoms with E-state index in [1.807, 2.05) is 0 Å². The van der Waals surface area contributed by atoms with Crippen molar-refractivity contribution in [1.29, 1.82) is 0 Å². The minimum Gasteiger partial charge on any atom is -0.353 e. The van der Waals surface area contributed by atoms with Gasteiger partial charge in [-0.05, 0) is 32.1 Å². The van der Waals surface area contributed by atoms with Crippen LogP contribution >= 0.6 is 0 Å². The average Bonchev–Trinajstić information content (AvgIpc) is 2.59. The Kier molecular flexibility index (Phi) is 7.36. The molecule has 2 fully saturated rings. The minimum absolute atomic E-state index is 0.160. The monoisotopic (exact) mass is 311 g/mol. The SMILES string of the molecule is CON(C)/C(=C/C(=O)C1CCCCC1)COC1CCCCO1. The third-order valence-electron chi connectivity index (χ3n) is 4.55. The van der Waals surface area contributed by atoms with Crippen LogP contribution in [0.5, 0.6) is 0 Å². The normalized spacial score (nSPS) is 24.3. The largest absolute Gasteiger partial charge is 0.353 e. The molecule has 126 valence electrons. The van der Waals surface area contributed by atoms with Crippen molar-refractivity contribution in [3.8, 4) is 0 Å². The number of hydroxylamine groups is 2. The molecule has 1 saturated heterocycles. The van der Waals surface area contributed by atoms with E-state index in [2.05, 4.69) is 0 Å². The predicted octanol–water partition coefficient (Wildman–Crippen LogP) is 3.06. The molecular formula is C17H29NO4. The van der Waals surface area contributed by atoms with Crippen LogP contribution in [0, 0.1) is 5.92 Å². The van der Waals surface area contributed by atoms with Crippen LogP contribution in [-0.4, -0.2) is 44.5 Å². The molecule has 5 heteroatoms. The first-order valence-corrected chi connectivity index (χ1v) is 8.46. The van der Waals surface area contributed by atoms with E-state index in [1.54, 1.807) is 25.3 Å². The van der Waals surface area contributed by atoms with Gasteiger partial charge in [-0.15, -0.1) is 0 Å². The molecule has 1 aliphatic carbocycles. The molecule has 0 bridgehead atoms. The van der Waals surface area contributed by atoms with E-state index >= 15 is 0 Å². The van der Waals surface area contributed by atoms with Crippen molar-refractivity contribution in [2.24, 2.45) is 5.92 Å². The molecule has 5 nitrogen and oxygen atoms in total. The highest BCUT2D eigenvalue weighted by atomic mass is 16.7. The topological polar surface area (TPSA) is 48.0 Å². The van der Waals surface area contributed by atoms with Gasteiger partial charge in [-0.3, -0.25) is 14.7 Å². The Morgan fingerprint density at radius 1 is 1.18 bits per heavy atom. The van der Waals surface area contributed by atoms with Gasteiger partial charge in [0.2, 0.25) is 0 Å². The number of ether oxygens (including phenoxy) is 2. The van der Waals surface area contributed by atoms with Crippen LogP contribution in [0.1, 0.15) is 51.4 Å². The molecule has 0 radical (unpaired) electrons. The maximum absolute atomic E-state index is 12.4. The number of hydrogen-bond acceptors (Lipinski definition) is 5. The molecule has 1 saturated carbocycles. The molecular weight excluding hydrogens is 282 g/mol. The maximum Gasteiger partial charge on any atom is 0.160 e. The third kappa shape index (κ3) is 5.38. The Balaban J connectivity index is 1.91. The molecule has 0 aromatic heterocycles. The van der Waals surface area contributed by atoms with Gasteiger partial charge in [0.15, 0.2) is 12.1 Å². The fourth-order valence-electron chi connectivity index (χ4n) is 3.03. The molecule has 1 aliphatic heterocycles. The summed E-state index contributed by atoms with van der Waals surface area (Å²) in [5, 5.41) is 1.60. The van der Waals surface area contributed by atoms with Crippen LogP contribution in [0.25, 0.3) is 0 Å². The van der Waals surface area contributed by atoms with Crippen molar-refractivity contribution >= 4 is 5.78 Å². The number of likely N-dealkylation sites (N-methyl/N-ethyl adjacent to an activating group) is 1. The number of ketones is 1. The van der Waals surface area contributed by atoms with Gasteiger partial charge in [0.05, 0.1) is 19.4 Å². The van der Waals surface area contributed by atoms with Crippen LogP contribution in [0.2, 0.25) is 0 Å². The number of hydrogen-bond donors (Lipinski definition) is 0. The van der Waals surface area contributed by atoms with Crippen molar-refractivity contribution in [1.82, 2.24) is 5.06 Å². The first-order chi connectivity index (χ1) is 10.7. The van der Waals surface area contributed by atoms with Crippen LogP contribution in [0.3, 0.4) is 0 Å². The number of rotatable bonds is 7. The standard InChI is InChI=1S/C17H29NO4/c1-18(20-2)15(13-22-17-10-6-7-11-21-17)12-16(19)14-8-4-3-5-9-14/h12,14,17H,3-11,13H2,1-2H3/b15-12+. The summed E-state index contributed by atoms with van der Waals surface area (Å²) in [4.78, 5) is 17.7.